The molecule has 0 spiro atoms. The van der Waals surface area contributed by atoms with Crippen molar-refractivity contribution in [1.29, 1.82) is 0 Å². The van der Waals surface area contributed by atoms with Crippen LogP contribution in [-0.4, -0.2) is 25.6 Å². The molecule has 1 aliphatic heterocycles. The lowest BCUT2D eigenvalue weighted by Gasteiger charge is -2.35. The van der Waals surface area contributed by atoms with Gasteiger partial charge in [0.05, 0.1) is 12.7 Å². The van der Waals surface area contributed by atoms with Crippen LogP contribution in [0.2, 0.25) is 0 Å². The van der Waals surface area contributed by atoms with Gasteiger partial charge in [-0.2, -0.15) is 5.10 Å². The highest BCUT2D eigenvalue weighted by Crippen LogP contribution is 2.39. The van der Waals surface area contributed by atoms with Crippen LogP contribution in [0.3, 0.4) is 0 Å². The molecule has 4 aromatic rings. The van der Waals surface area contributed by atoms with Crippen molar-refractivity contribution < 1.29 is 0 Å². The zero-order valence-electron chi connectivity index (χ0n) is 13.4. The van der Waals surface area contributed by atoms with Gasteiger partial charge in [0.2, 0.25) is 4.77 Å². The average Bonchev–Trinajstić information content (AvgIpc) is 3.36. The minimum atomic E-state index is 0.293. The lowest BCUT2D eigenvalue weighted by atomic mass is 9.99. The fourth-order valence-electron chi connectivity index (χ4n) is 3.53. The van der Waals surface area contributed by atoms with Crippen LogP contribution >= 0.6 is 34.9 Å². The van der Waals surface area contributed by atoms with Crippen molar-refractivity contribution in [2.24, 2.45) is 0 Å². The highest BCUT2D eigenvalue weighted by molar-refractivity contribution is 7.71. The average molecular weight is 385 g/mol. The van der Waals surface area contributed by atoms with E-state index < -0.39 is 0 Å². The molecule has 0 aliphatic carbocycles. The van der Waals surface area contributed by atoms with E-state index in [9.17, 15) is 0 Å². The van der Waals surface area contributed by atoms with Gasteiger partial charge in [-0.3, -0.25) is 9.30 Å². The summed E-state index contributed by atoms with van der Waals surface area (Å²) in [5.74, 6) is 0. The van der Waals surface area contributed by atoms with Crippen LogP contribution in [0.25, 0.3) is 5.65 Å². The first-order valence-corrected chi connectivity index (χ1v) is 10.4. The highest BCUT2D eigenvalue weighted by Gasteiger charge is 2.30. The maximum Gasteiger partial charge on any atom is 0.203 e. The van der Waals surface area contributed by atoms with Crippen LogP contribution in [0.5, 0.6) is 0 Å². The molecule has 0 amide bonds. The number of pyridine rings is 1. The van der Waals surface area contributed by atoms with E-state index in [1.165, 1.54) is 15.3 Å². The molecule has 0 fully saturated rings. The van der Waals surface area contributed by atoms with Crippen LogP contribution in [0.15, 0.2) is 53.4 Å². The topological polar surface area (TPSA) is 25.5 Å². The van der Waals surface area contributed by atoms with Gasteiger partial charge in [-0.25, -0.2) is 4.68 Å². The maximum absolute atomic E-state index is 5.64. The summed E-state index contributed by atoms with van der Waals surface area (Å²) in [6, 6.07) is 12.9. The third-order valence-corrected chi connectivity index (χ3v) is 7.01. The Hall–Kier alpha value is -1.80. The summed E-state index contributed by atoms with van der Waals surface area (Å²) in [6.45, 7) is 1.73. The lowest BCUT2D eigenvalue weighted by Crippen LogP contribution is -2.36. The third kappa shape index (κ3) is 2.58. The summed E-state index contributed by atoms with van der Waals surface area (Å²) in [4.78, 5) is 5.38. The third-order valence-electron chi connectivity index (χ3n) is 4.68. The second kappa shape index (κ2) is 6.17. The van der Waals surface area contributed by atoms with Crippen molar-refractivity contribution in [3.63, 3.8) is 0 Å². The fraction of sp³-hybridized carbons (Fsp3) is 0.222. The van der Waals surface area contributed by atoms with Gasteiger partial charge in [0.15, 0.2) is 5.65 Å². The Bertz CT molecular complexity index is 1070. The summed E-state index contributed by atoms with van der Waals surface area (Å²) in [6.07, 6.45) is 3.07. The first-order valence-electron chi connectivity index (χ1n) is 8.19. The molecule has 126 valence electrons. The van der Waals surface area contributed by atoms with Crippen molar-refractivity contribution in [3.05, 3.63) is 73.4 Å². The zero-order valence-corrected chi connectivity index (χ0v) is 15.9. The van der Waals surface area contributed by atoms with E-state index in [1.54, 1.807) is 0 Å². The minimum Gasteiger partial charge on any atom is -0.275 e. The van der Waals surface area contributed by atoms with E-state index >= 15 is 0 Å². The van der Waals surface area contributed by atoms with Crippen molar-refractivity contribution in [3.8, 4) is 0 Å². The van der Waals surface area contributed by atoms with E-state index in [-0.39, 0.29) is 0 Å². The summed E-state index contributed by atoms with van der Waals surface area (Å²) < 4.78 is 4.66. The quantitative estimate of drug-likeness (QED) is 0.483. The van der Waals surface area contributed by atoms with Crippen LogP contribution in [-0.2, 0) is 13.1 Å². The van der Waals surface area contributed by atoms with Gasteiger partial charge in [-0.15, -0.1) is 22.7 Å². The Balaban J connectivity index is 1.56. The van der Waals surface area contributed by atoms with Crippen molar-refractivity contribution in [2.45, 2.75) is 19.1 Å². The number of fused-ring (bicyclic) bond motifs is 2. The molecule has 0 saturated heterocycles. The molecule has 5 heterocycles. The van der Waals surface area contributed by atoms with E-state index in [4.69, 9.17) is 17.3 Å². The monoisotopic (exact) mass is 384 g/mol. The van der Waals surface area contributed by atoms with Crippen molar-refractivity contribution in [1.82, 2.24) is 19.1 Å². The highest BCUT2D eigenvalue weighted by atomic mass is 32.1. The Morgan fingerprint density at radius 1 is 1.12 bits per heavy atom. The normalized spacial score (nSPS) is 17.8. The molecule has 0 bridgehead atoms. The summed E-state index contributed by atoms with van der Waals surface area (Å²) in [7, 11) is 0. The molecule has 25 heavy (non-hydrogen) atoms. The van der Waals surface area contributed by atoms with Crippen LogP contribution < -0.4 is 0 Å². The second-order valence-electron chi connectivity index (χ2n) is 6.13. The molecular weight excluding hydrogens is 368 g/mol. The predicted octanol–water partition coefficient (Wildman–Crippen LogP) is 4.59. The molecule has 1 aliphatic rings. The van der Waals surface area contributed by atoms with Crippen LogP contribution in [0, 0.1) is 4.77 Å². The molecule has 7 heteroatoms. The molecule has 4 nitrogen and oxygen atoms in total. The summed E-state index contributed by atoms with van der Waals surface area (Å²) in [5.41, 5.74) is 2.34. The Labute approximate surface area is 158 Å². The molecular formula is C18H16N4S3. The van der Waals surface area contributed by atoms with Crippen molar-refractivity contribution in [2.75, 3.05) is 6.54 Å². The largest absolute Gasteiger partial charge is 0.275 e. The van der Waals surface area contributed by atoms with Gasteiger partial charge in [0.1, 0.15) is 0 Å². The molecule has 5 rings (SSSR count). The van der Waals surface area contributed by atoms with E-state index in [1.807, 2.05) is 56.2 Å². The van der Waals surface area contributed by atoms with Gasteiger partial charge in [-0.05, 0) is 59.2 Å². The Kier molecular flexibility index (Phi) is 3.82. The SMILES string of the molecule is S=c1n(CN2CCc3sccc3[C@H]2c2cccs2)nc2ccccn12. The fourth-order valence-corrected chi connectivity index (χ4v) is 5.57. The Morgan fingerprint density at radius 2 is 2.08 bits per heavy atom. The smallest absolute Gasteiger partial charge is 0.203 e. The molecule has 0 saturated carbocycles. The first-order chi connectivity index (χ1) is 12.3. The standard InChI is InChI=1S/C18H16N4S3/c23-18-21-8-2-1-5-16(21)19-22(18)12-20-9-6-14-13(7-11-25-14)17(20)15-4-3-10-24-15/h1-5,7-8,10-11,17H,6,9,12H2/t17-/m0/s1. The maximum atomic E-state index is 5.64. The minimum absolute atomic E-state index is 0.293. The van der Waals surface area contributed by atoms with Gasteiger partial charge in [0.25, 0.3) is 0 Å². The van der Waals surface area contributed by atoms with Gasteiger partial charge >= 0.3 is 0 Å². The number of rotatable bonds is 3. The molecule has 4 aromatic heterocycles. The summed E-state index contributed by atoms with van der Waals surface area (Å²) >= 11 is 9.33. The van der Waals surface area contributed by atoms with Gasteiger partial charge in [0, 0.05) is 22.5 Å². The van der Waals surface area contributed by atoms with Gasteiger partial charge < -0.3 is 0 Å². The summed E-state index contributed by atoms with van der Waals surface area (Å²) in [5, 5.41) is 9.08. The van der Waals surface area contributed by atoms with Crippen LogP contribution in [0.1, 0.15) is 21.4 Å². The lowest BCUT2D eigenvalue weighted by molar-refractivity contribution is 0.159. The van der Waals surface area contributed by atoms with Crippen molar-refractivity contribution >= 4 is 40.5 Å². The number of hydrogen-bond donors (Lipinski definition) is 0. The van der Waals surface area contributed by atoms with Gasteiger partial charge in [-0.1, -0.05) is 12.1 Å². The van der Waals surface area contributed by atoms with E-state index in [0.29, 0.717) is 12.7 Å². The number of aromatic nitrogens is 3. The molecule has 0 radical (unpaired) electrons. The first kappa shape index (κ1) is 15.5. The number of thiophene rings is 2. The molecule has 0 aromatic carbocycles. The molecule has 1 atom stereocenters. The number of nitrogens with zero attached hydrogens (tertiary/aromatic N) is 4. The molecule has 0 N–H and O–H groups in total. The number of hydrogen-bond acceptors (Lipinski definition) is 5. The Morgan fingerprint density at radius 3 is 2.92 bits per heavy atom. The van der Waals surface area contributed by atoms with Crippen LogP contribution in [0.4, 0.5) is 0 Å². The second-order valence-corrected chi connectivity index (χ2v) is 8.48. The van der Waals surface area contributed by atoms with E-state index in [0.717, 1.165) is 23.4 Å². The zero-order chi connectivity index (χ0) is 16.8. The van der Waals surface area contributed by atoms with E-state index in [2.05, 4.69) is 33.9 Å². The predicted molar refractivity (Wildman–Crippen MR) is 105 cm³/mol. The molecule has 0 unspecified atom stereocenters.